The molecule has 0 spiro atoms. The van der Waals surface area contributed by atoms with Crippen LogP contribution in [0.4, 0.5) is 4.39 Å². The maximum Gasteiger partial charge on any atom is 0.246 e. The molecule has 0 aliphatic carbocycles. The number of fused-ring (bicyclic) bond motifs is 16. The van der Waals surface area contributed by atoms with Crippen LogP contribution in [-0.4, -0.2) is 215 Å². The summed E-state index contributed by atoms with van der Waals surface area (Å²) in [7, 11) is 3.31. The molecule has 6 aliphatic rings. The van der Waals surface area contributed by atoms with Gasteiger partial charge >= 0.3 is 0 Å². The number of hydrogen-bond acceptors (Lipinski definition) is 16. The number of aliphatic hydroxyl groups is 1. The molecule has 12 bridgehead atoms. The predicted molar refractivity (Wildman–Crippen MR) is 404 cm³/mol. The van der Waals surface area contributed by atoms with Gasteiger partial charge in [-0.25, -0.2) is 4.39 Å². The number of benzene rings is 4. The summed E-state index contributed by atoms with van der Waals surface area (Å²) in [6, 6.07) is 14.0. The first kappa shape index (κ1) is 82.2. The molecule has 6 aliphatic heterocycles. The van der Waals surface area contributed by atoms with Crippen LogP contribution in [-0.2, 0) is 108 Å². The van der Waals surface area contributed by atoms with E-state index >= 15 is 33.2 Å². The first-order valence-electron chi connectivity index (χ1n) is 38.4. The van der Waals surface area contributed by atoms with E-state index in [9.17, 15) is 33.9 Å². The molecule has 2 saturated heterocycles. The van der Waals surface area contributed by atoms with E-state index in [0.29, 0.717) is 103 Å². The highest BCUT2D eigenvalue weighted by Crippen LogP contribution is 2.32. The molecule has 12 amide bonds. The Morgan fingerprint density at radius 3 is 2.18 bits per heavy atom. The van der Waals surface area contributed by atoms with E-state index in [-0.39, 0.29) is 90.0 Å². The first-order chi connectivity index (χ1) is 52.9. The van der Waals surface area contributed by atoms with Crippen molar-refractivity contribution in [3.63, 3.8) is 0 Å². The number of unbranched alkanes of at least 4 members (excludes halogenated alkanes) is 2. The highest BCUT2D eigenvalue weighted by Gasteiger charge is 2.50. The van der Waals surface area contributed by atoms with Crippen LogP contribution >= 0.6 is 0 Å². The molecule has 11 rings (SSSR count). The van der Waals surface area contributed by atoms with Gasteiger partial charge in [-0.05, 0) is 149 Å². The van der Waals surface area contributed by atoms with Gasteiger partial charge in [0, 0.05) is 108 Å². The number of carbonyl (C=O) groups excluding carboxylic acids is 12. The van der Waals surface area contributed by atoms with Gasteiger partial charge in [0.15, 0.2) is 0 Å². The Labute approximate surface area is 639 Å². The Morgan fingerprint density at radius 1 is 0.691 bits per heavy atom. The Bertz CT molecular complexity index is 4140. The molecule has 5 aromatic rings. The van der Waals surface area contributed by atoms with Gasteiger partial charge in [-0.15, -0.1) is 0 Å². The third-order valence-corrected chi connectivity index (χ3v) is 21.3. The monoisotopic (exact) mass is 1520 g/mol. The third-order valence-electron chi connectivity index (χ3n) is 21.3. The summed E-state index contributed by atoms with van der Waals surface area (Å²) in [5, 5.41) is 40.1. The summed E-state index contributed by atoms with van der Waals surface area (Å²) in [6.45, 7) is 4.73. The van der Waals surface area contributed by atoms with Gasteiger partial charge in [0.25, 0.3) is 0 Å². The van der Waals surface area contributed by atoms with Crippen molar-refractivity contribution in [1.29, 1.82) is 0 Å². The highest BCUT2D eigenvalue weighted by molar-refractivity contribution is 6.00. The number of ether oxygens (including phenoxy) is 2. The van der Waals surface area contributed by atoms with E-state index in [4.69, 9.17) is 9.47 Å². The number of amides is 12. The Balaban J connectivity index is 1.08. The van der Waals surface area contributed by atoms with Crippen molar-refractivity contribution < 1.29 is 76.5 Å². The number of nitrogens with zero attached hydrogens (tertiary/aromatic N) is 4. The van der Waals surface area contributed by atoms with Crippen LogP contribution in [0.15, 0.2) is 97.2 Å². The summed E-state index contributed by atoms with van der Waals surface area (Å²) >= 11 is 0. The number of methoxy groups -OCH3 is 1. The van der Waals surface area contributed by atoms with Crippen molar-refractivity contribution in [2.75, 3.05) is 60.0 Å². The average Bonchev–Trinajstić information content (AvgIpc) is 1.23. The molecule has 30 heteroatoms. The molecule has 7 heterocycles. The second-order valence-electron chi connectivity index (χ2n) is 29.6. The number of aliphatic hydroxyl groups excluding tert-OH is 1. The van der Waals surface area contributed by atoms with Crippen molar-refractivity contribution in [1.82, 2.24) is 72.4 Å². The lowest BCUT2D eigenvalue weighted by molar-refractivity contribution is -0.148. The smallest absolute Gasteiger partial charge is 0.246 e. The zero-order chi connectivity index (χ0) is 78.6. The standard InChI is InChI=1S/C80H105FN14O15/c1-49-72(101)90-63(45-85-66(97)17-9-8-10-33-82-4)74(103)87-60-41-54-15-13-16-55(39-54)44-84-68(99)48-110-65-31-38-94-71(65)76(105)91-70(50(2)96)75(104)89-61(40-52-22-25-58(109-5)26-23-52)78(107)95-37-14-32-80(95,3)79(108)83-34-30-51-18-20-53(21-19-51)46-93(69(100)29-28-67(98)86-49)36-12-7-6-11-35-92-47-56(42-62(77(94)106)88-73(60)102)59-43-57(81)24-27-64(59)92/h13,15-16,18-27,39,43,47,49-50,60-63,65,70-71,82,96H,6-12,14,17,28-38,40-42,44-46,48H2,1-5H3,(H,83,108)(H,84,99)(H,85,97)(H,86,98)(H,87,103)(H,88,102)(H,89,104)(H,90,101)(H,91,105)/t49-,50+,60-,61-,62?,63?,65-,70?,71?,80-/m0/s1. The predicted octanol–water partition coefficient (Wildman–Crippen LogP) is 2.07. The van der Waals surface area contributed by atoms with Crippen LogP contribution in [0.2, 0.25) is 0 Å². The van der Waals surface area contributed by atoms with Gasteiger partial charge in [0.05, 0.1) is 19.3 Å². The summed E-state index contributed by atoms with van der Waals surface area (Å²) in [6.07, 6.45) is 2.96. The lowest BCUT2D eigenvalue weighted by Crippen LogP contribution is -2.64. The van der Waals surface area contributed by atoms with Crippen molar-refractivity contribution in [3.05, 3.63) is 136 Å². The van der Waals surface area contributed by atoms with Gasteiger partial charge in [-0.1, -0.05) is 79.9 Å². The highest BCUT2D eigenvalue weighted by atomic mass is 19.1. The quantitative estimate of drug-likeness (QED) is 0.0797. The maximum atomic E-state index is 16.2. The van der Waals surface area contributed by atoms with Gasteiger partial charge in [0.2, 0.25) is 70.9 Å². The summed E-state index contributed by atoms with van der Waals surface area (Å²) in [5.41, 5.74) is 2.76. The van der Waals surface area contributed by atoms with Crippen LogP contribution in [0, 0.1) is 5.82 Å². The van der Waals surface area contributed by atoms with E-state index in [1.165, 1.54) is 38.0 Å². The van der Waals surface area contributed by atoms with Crippen molar-refractivity contribution in [2.45, 2.75) is 210 Å². The van der Waals surface area contributed by atoms with Crippen molar-refractivity contribution in [3.8, 4) is 5.75 Å². The molecule has 110 heavy (non-hydrogen) atoms. The van der Waals surface area contributed by atoms with Gasteiger partial charge < -0.3 is 87.0 Å². The molecule has 0 radical (unpaired) electrons. The van der Waals surface area contributed by atoms with Crippen molar-refractivity contribution in [2.24, 2.45) is 0 Å². The van der Waals surface area contributed by atoms with Gasteiger partial charge in [-0.2, -0.15) is 0 Å². The lowest BCUT2D eigenvalue weighted by Gasteiger charge is -2.37. The van der Waals surface area contributed by atoms with Gasteiger partial charge in [-0.3, -0.25) is 57.5 Å². The molecule has 10 atom stereocenters. The van der Waals surface area contributed by atoms with Crippen LogP contribution in [0.3, 0.4) is 0 Å². The summed E-state index contributed by atoms with van der Waals surface area (Å²) in [4.78, 5) is 182. The number of aryl methyl sites for hydroxylation is 1. The number of rotatable bonds is 12. The molecule has 1 aromatic heterocycles. The van der Waals surface area contributed by atoms with Crippen LogP contribution < -0.4 is 57.9 Å². The summed E-state index contributed by atoms with van der Waals surface area (Å²) < 4.78 is 29.4. The summed E-state index contributed by atoms with van der Waals surface area (Å²) in [5.74, 6) is -9.02. The Kier molecular flexibility index (Phi) is 29.0. The maximum absolute atomic E-state index is 16.2. The van der Waals surface area contributed by atoms with Crippen LogP contribution in [0.1, 0.15) is 138 Å². The normalized spacial score (nSPS) is 25.0. The molecule has 29 nitrogen and oxygen atoms in total. The molecule has 4 aromatic carbocycles. The number of carbonyl (C=O) groups is 12. The molecule has 2 fully saturated rings. The minimum absolute atomic E-state index is 0.0709. The van der Waals surface area contributed by atoms with E-state index in [2.05, 4.69) is 53.2 Å². The fraction of sp³-hybridized carbons (Fsp3) is 0.525. The van der Waals surface area contributed by atoms with E-state index in [1.807, 2.05) is 35.9 Å². The fourth-order valence-corrected chi connectivity index (χ4v) is 15.0. The lowest BCUT2D eigenvalue weighted by atomic mass is 9.95. The zero-order valence-corrected chi connectivity index (χ0v) is 63.4. The average molecular weight is 1520 g/mol. The molecule has 4 unspecified atom stereocenters. The second kappa shape index (κ2) is 38.8. The first-order valence-corrected chi connectivity index (χ1v) is 38.4. The SMILES string of the molecule is CNCCCCCC(=O)NCC1NC(=O)[C@H](C)NC(=O)CCC(=O)N2CCCCCCn3cc(c4cc(F)ccc43)CC3NC(=O)[C@H](Cc4cccc(c4)CNC(=O)CO[C@H]4CCN(C3=O)C4C(=O)NC([C@@H](C)O)C(=O)N[C@@H](Cc3ccc(OC)cc3)C(=O)N3CCC[C@@]3(C)C(=O)NCCc3ccc(cc3)C2)NC1=O. The van der Waals surface area contributed by atoms with Crippen LogP contribution in [0.5, 0.6) is 5.75 Å². The second-order valence-corrected chi connectivity index (χ2v) is 29.6. The molecule has 592 valence electrons. The van der Waals surface area contributed by atoms with E-state index in [0.717, 1.165) is 29.0 Å². The third kappa shape index (κ3) is 21.8. The van der Waals surface area contributed by atoms with Crippen molar-refractivity contribution >= 4 is 81.8 Å². The van der Waals surface area contributed by atoms with E-state index in [1.54, 1.807) is 72.6 Å². The van der Waals surface area contributed by atoms with E-state index < -0.39 is 144 Å². The van der Waals surface area contributed by atoms with Gasteiger partial charge in [0.1, 0.15) is 66.0 Å². The minimum atomic E-state index is -1.85. The molecular formula is C80H105FN14O15. The molecule has 0 saturated carbocycles. The molecular weight excluding hydrogens is 1420 g/mol. The zero-order valence-electron chi connectivity index (χ0n) is 63.4. The molecule has 11 N–H and O–H groups in total. The fourth-order valence-electron chi connectivity index (χ4n) is 15.0. The number of aromatic nitrogens is 1. The minimum Gasteiger partial charge on any atom is -0.497 e. The number of nitrogens with one attached hydrogen (secondary N) is 10. The Hall–Kier alpha value is -10.3. The van der Waals surface area contributed by atoms with Crippen LogP contribution in [0.25, 0.3) is 10.9 Å². The topological polar surface area (TPSA) is 378 Å². The number of hydrogen-bond donors (Lipinski definition) is 11. The Morgan fingerprint density at radius 2 is 1.43 bits per heavy atom. The largest absolute Gasteiger partial charge is 0.497 e. The number of halogens is 1.